The number of Topliss-reactive ketones (excluding diaryl/α,β-unsaturated/α-hetero) is 1. The highest BCUT2D eigenvalue weighted by Crippen LogP contribution is 2.11. The van der Waals surface area contributed by atoms with Crippen LogP contribution in [0.4, 0.5) is 0 Å². The smallest absolute Gasteiger partial charge is 0.323 e. The summed E-state index contributed by atoms with van der Waals surface area (Å²) in [6.07, 6.45) is 0.926. The Morgan fingerprint density at radius 2 is 1.95 bits per heavy atom. The summed E-state index contributed by atoms with van der Waals surface area (Å²) >= 11 is 0. The fraction of sp³-hybridized carbons (Fsp3) is 0.400. The van der Waals surface area contributed by atoms with E-state index < -0.39 is 23.2 Å². The largest absolute Gasteiger partial charge is 0.361 e. The summed E-state index contributed by atoms with van der Waals surface area (Å²) in [5, 5.41) is 0. The van der Waals surface area contributed by atoms with Crippen LogP contribution in [0.2, 0.25) is 0 Å². The molecule has 0 bridgehead atoms. The molecular formula is C15H19N3O3. The summed E-state index contributed by atoms with van der Waals surface area (Å²) in [4.78, 5) is 31.9. The van der Waals surface area contributed by atoms with Crippen molar-refractivity contribution in [2.75, 3.05) is 0 Å². The first-order chi connectivity index (χ1) is 9.83. The lowest BCUT2D eigenvalue weighted by Gasteiger charge is -2.21. The van der Waals surface area contributed by atoms with E-state index in [-0.39, 0.29) is 6.42 Å². The van der Waals surface area contributed by atoms with Crippen LogP contribution >= 0.6 is 0 Å². The monoisotopic (exact) mass is 289 g/mol. The maximum absolute atomic E-state index is 12.1. The number of amides is 1. The summed E-state index contributed by atoms with van der Waals surface area (Å²) < 4.78 is 0. The highest BCUT2D eigenvalue weighted by molar-refractivity contribution is 6.31. The van der Waals surface area contributed by atoms with Gasteiger partial charge in [-0.3, -0.25) is 14.4 Å². The van der Waals surface area contributed by atoms with Crippen LogP contribution < -0.4 is 5.48 Å². The van der Waals surface area contributed by atoms with Gasteiger partial charge < -0.3 is 5.53 Å². The first kappa shape index (κ1) is 16.8. The third kappa shape index (κ3) is 6.12. The number of hydrogen-bond donors (Lipinski definition) is 1. The van der Waals surface area contributed by atoms with E-state index in [1.54, 1.807) is 20.8 Å². The number of carbonyl (C=O) groups is 2. The minimum absolute atomic E-state index is 0.199. The Morgan fingerprint density at radius 1 is 1.33 bits per heavy atom. The highest BCUT2D eigenvalue weighted by Gasteiger charge is 2.29. The van der Waals surface area contributed by atoms with E-state index in [0.29, 0.717) is 0 Å². The zero-order chi connectivity index (χ0) is 15.9. The third-order valence-electron chi connectivity index (χ3n) is 2.59. The first-order valence-electron chi connectivity index (χ1n) is 6.56. The Kier molecular flexibility index (Phi) is 5.96. The van der Waals surface area contributed by atoms with Gasteiger partial charge in [0.2, 0.25) is 5.78 Å². The van der Waals surface area contributed by atoms with Crippen molar-refractivity contribution in [1.82, 2.24) is 5.48 Å². The number of nitrogens with zero attached hydrogens (tertiary/aromatic N) is 2. The molecule has 1 atom stereocenters. The molecule has 1 amide bonds. The number of rotatable bonds is 6. The van der Waals surface area contributed by atoms with Crippen molar-refractivity contribution < 1.29 is 19.2 Å². The van der Waals surface area contributed by atoms with Crippen molar-refractivity contribution >= 4 is 17.9 Å². The molecule has 0 saturated carbocycles. The van der Waals surface area contributed by atoms with Crippen LogP contribution in [0, 0.1) is 5.92 Å². The number of benzene rings is 1. The maximum atomic E-state index is 12.1. The van der Waals surface area contributed by atoms with Gasteiger partial charge in [-0.15, -0.1) is 0 Å². The van der Waals surface area contributed by atoms with Gasteiger partial charge >= 0.3 is 6.21 Å². The minimum Gasteiger partial charge on any atom is -0.361 e. The van der Waals surface area contributed by atoms with Gasteiger partial charge in [-0.1, -0.05) is 30.3 Å². The quantitative estimate of drug-likeness (QED) is 0.283. The van der Waals surface area contributed by atoms with Crippen molar-refractivity contribution in [3.63, 3.8) is 0 Å². The Morgan fingerprint density at radius 3 is 2.48 bits per heavy atom. The fourth-order valence-corrected chi connectivity index (χ4v) is 1.59. The molecular weight excluding hydrogens is 270 g/mol. The summed E-state index contributed by atoms with van der Waals surface area (Å²) in [7, 11) is 0. The lowest BCUT2D eigenvalue weighted by Crippen LogP contribution is -2.41. The van der Waals surface area contributed by atoms with Crippen LogP contribution in [-0.4, -0.2) is 28.3 Å². The Labute approximate surface area is 123 Å². The minimum atomic E-state index is -1.01. The van der Waals surface area contributed by atoms with Gasteiger partial charge in [0.25, 0.3) is 5.91 Å². The standard InChI is InChI=1S/C15H19N3O3/c1-15(2,3)21-18-14(20)12(13(19)10-17-16)9-11-7-5-4-6-8-11/h4-8,10,12H,9H2,1-3H3,(H,18,20)/t12-/m1/s1. The molecule has 21 heavy (non-hydrogen) atoms. The van der Waals surface area contributed by atoms with Crippen LogP contribution in [-0.2, 0) is 20.8 Å². The Hall–Kier alpha value is -2.30. The molecule has 6 heteroatoms. The average Bonchev–Trinajstić information content (AvgIpc) is 2.43. The molecule has 0 unspecified atom stereocenters. The molecule has 0 radical (unpaired) electrons. The molecule has 0 aliphatic heterocycles. The van der Waals surface area contributed by atoms with Gasteiger partial charge in [0.05, 0.1) is 5.60 Å². The molecule has 0 saturated heterocycles. The van der Waals surface area contributed by atoms with Crippen LogP contribution in [0.1, 0.15) is 26.3 Å². The van der Waals surface area contributed by atoms with Crippen LogP contribution in [0.5, 0.6) is 0 Å². The number of hydroxylamine groups is 1. The molecule has 0 aliphatic rings. The second-order valence-electron chi connectivity index (χ2n) is 5.57. The summed E-state index contributed by atoms with van der Waals surface area (Å²) in [6, 6.07) is 9.11. The summed E-state index contributed by atoms with van der Waals surface area (Å²) in [5.74, 6) is -2.17. The van der Waals surface area contributed by atoms with E-state index in [1.165, 1.54) is 0 Å². The molecule has 1 aromatic rings. The second-order valence-corrected chi connectivity index (χ2v) is 5.57. The van der Waals surface area contributed by atoms with Crippen molar-refractivity contribution in [3.8, 4) is 0 Å². The molecule has 1 N–H and O–H groups in total. The molecule has 6 nitrogen and oxygen atoms in total. The van der Waals surface area contributed by atoms with Crippen molar-refractivity contribution in [3.05, 3.63) is 41.4 Å². The lowest BCUT2D eigenvalue weighted by atomic mass is 9.95. The molecule has 1 aromatic carbocycles. The number of nitrogens with one attached hydrogen (secondary N) is 1. The number of carbonyl (C=O) groups excluding carboxylic acids is 2. The van der Waals surface area contributed by atoms with Gasteiger partial charge in [-0.2, -0.15) is 4.79 Å². The first-order valence-corrected chi connectivity index (χ1v) is 6.56. The predicted molar refractivity (Wildman–Crippen MR) is 77.3 cm³/mol. The number of hydrogen-bond acceptors (Lipinski definition) is 3. The molecule has 0 spiro atoms. The van der Waals surface area contributed by atoms with E-state index in [2.05, 4.69) is 10.3 Å². The van der Waals surface area contributed by atoms with Gasteiger partial charge in [0.15, 0.2) is 0 Å². The van der Waals surface area contributed by atoms with Crippen LogP contribution in [0.15, 0.2) is 30.3 Å². The second kappa shape index (κ2) is 7.47. The van der Waals surface area contributed by atoms with E-state index >= 15 is 0 Å². The Bertz CT molecular complexity index is 543. The number of ketones is 1. The SMILES string of the molecule is CC(C)(C)ONC(=O)[C@H](Cc1ccccc1)C(=O)C=[N+]=[N-]. The molecule has 0 aliphatic carbocycles. The van der Waals surface area contributed by atoms with Crippen molar-refractivity contribution in [2.24, 2.45) is 5.92 Å². The van der Waals surface area contributed by atoms with Gasteiger partial charge in [0.1, 0.15) is 5.92 Å². The fourth-order valence-electron chi connectivity index (χ4n) is 1.59. The zero-order valence-electron chi connectivity index (χ0n) is 12.4. The highest BCUT2D eigenvalue weighted by atomic mass is 16.7. The van der Waals surface area contributed by atoms with E-state index in [9.17, 15) is 9.59 Å². The molecule has 0 heterocycles. The van der Waals surface area contributed by atoms with Crippen LogP contribution in [0.3, 0.4) is 0 Å². The zero-order valence-corrected chi connectivity index (χ0v) is 12.4. The Balaban J connectivity index is 2.84. The maximum Gasteiger partial charge on any atom is 0.323 e. The van der Waals surface area contributed by atoms with E-state index in [1.807, 2.05) is 30.3 Å². The van der Waals surface area contributed by atoms with Gasteiger partial charge in [-0.05, 0) is 32.8 Å². The van der Waals surface area contributed by atoms with Crippen molar-refractivity contribution in [2.45, 2.75) is 32.8 Å². The molecule has 0 fully saturated rings. The topological polar surface area (TPSA) is 91.8 Å². The van der Waals surface area contributed by atoms with E-state index in [0.717, 1.165) is 11.8 Å². The van der Waals surface area contributed by atoms with Crippen LogP contribution in [0.25, 0.3) is 5.53 Å². The summed E-state index contributed by atoms with van der Waals surface area (Å²) in [6.45, 7) is 5.32. The van der Waals surface area contributed by atoms with Gasteiger partial charge in [0, 0.05) is 0 Å². The van der Waals surface area contributed by atoms with Crippen molar-refractivity contribution in [1.29, 1.82) is 0 Å². The average molecular weight is 289 g/mol. The van der Waals surface area contributed by atoms with Gasteiger partial charge in [-0.25, -0.2) is 5.48 Å². The molecule has 112 valence electrons. The lowest BCUT2D eigenvalue weighted by molar-refractivity contribution is -0.152. The normalized spacial score (nSPS) is 12.1. The summed E-state index contributed by atoms with van der Waals surface area (Å²) in [5.41, 5.74) is 11.0. The predicted octanol–water partition coefficient (Wildman–Crippen LogP) is 1.56. The van der Waals surface area contributed by atoms with E-state index in [4.69, 9.17) is 10.4 Å². The molecule has 0 aromatic heterocycles. The third-order valence-corrected chi connectivity index (χ3v) is 2.59. The molecule has 1 rings (SSSR count).